The van der Waals surface area contributed by atoms with Gasteiger partial charge in [-0.2, -0.15) is 0 Å². The van der Waals surface area contributed by atoms with Crippen LogP contribution in [0.15, 0.2) is 156 Å². The van der Waals surface area contributed by atoms with E-state index in [4.69, 9.17) is 14.4 Å². The second kappa shape index (κ2) is 10.8. The van der Waals surface area contributed by atoms with Crippen molar-refractivity contribution in [1.82, 2.24) is 9.97 Å². The molecule has 0 amide bonds. The fourth-order valence-corrected chi connectivity index (χ4v) is 5.75. The third-order valence-corrected chi connectivity index (χ3v) is 7.92. The Morgan fingerprint density at radius 1 is 0.386 bits per heavy atom. The highest BCUT2D eigenvalue weighted by Gasteiger charge is 2.15. The lowest BCUT2D eigenvalue weighted by Gasteiger charge is -2.13. The van der Waals surface area contributed by atoms with Gasteiger partial charge in [0.15, 0.2) is 5.82 Å². The van der Waals surface area contributed by atoms with Crippen molar-refractivity contribution in [2.75, 3.05) is 0 Å². The molecule has 6 aromatic carbocycles. The van der Waals surface area contributed by atoms with Crippen molar-refractivity contribution in [1.29, 1.82) is 0 Å². The van der Waals surface area contributed by atoms with E-state index in [-0.39, 0.29) is 5.82 Å². The summed E-state index contributed by atoms with van der Waals surface area (Å²) in [5.41, 5.74) is 9.89. The van der Waals surface area contributed by atoms with Gasteiger partial charge in [0, 0.05) is 27.5 Å². The van der Waals surface area contributed by atoms with E-state index >= 15 is 0 Å². The largest absolute Gasteiger partial charge is 0.456 e. The van der Waals surface area contributed by atoms with Crippen LogP contribution in [-0.4, -0.2) is 9.97 Å². The first kappa shape index (κ1) is 25.8. The summed E-state index contributed by atoms with van der Waals surface area (Å²) in [7, 11) is 0. The molecule has 0 bridgehead atoms. The molecule has 3 nitrogen and oxygen atoms in total. The Morgan fingerprint density at radius 2 is 0.977 bits per heavy atom. The molecule has 4 heteroatoms. The fraction of sp³-hybridized carbons (Fsp3) is 0. The lowest BCUT2D eigenvalue weighted by molar-refractivity contribution is 0.628. The van der Waals surface area contributed by atoms with Crippen LogP contribution in [0.2, 0.25) is 0 Å². The van der Waals surface area contributed by atoms with Gasteiger partial charge in [0.1, 0.15) is 17.0 Å². The number of para-hydroxylation sites is 1. The average molecular weight is 569 g/mol. The van der Waals surface area contributed by atoms with Crippen molar-refractivity contribution in [3.05, 3.63) is 157 Å². The Bertz CT molecular complexity index is 2230. The van der Waals surface area contributed by atoms with E-state index in [0.29, 0.717) is 5.82 Å². The van der Waals surface area contributed by atoms with E-state index in [9.17, 15) is 4.39 Å². The molecule has 8 rings (SSSR count). The number of hydrogen-bond acceptors (Lipinski definition) is 3. The van der Waals surface area contributed by atoms with Crippen molar-refractivity contribution in [3.8, 4) is 56.2 Å². The molecule has 0 aliphatic heterocycles. The minimum Gasteiger partial charge on any atom is -0.456 e. The molecule has 0 atom stereocenters. The van der Waals surface area contributed by atoms with Crippen LogP contribution in [0.3, 0.4) is 0 Å². The number of rotatable bonds is 5. The average Bonchev–Trinajstić information content (AvgIpc) is 3.47. The van der Waals surface area contributed by atoms with E-state index in [1.807, 2.05) is 84.9 Å². The van der Waals surface area contributed by atoms with Gasteiger partial charge in [-0.15, -0.1) is 0 Å². The van der Waals surface area contributed by atoms with Crippen LogP contribution in [0.4, 0.5) is 4.39 Å². The molecule has 2 aromatic heterocycles. The highest BCUT2D eigenvalue weighted by Crippen LogP contribution is 2.37. The van der Waals surface area contributed by atoms with Gasteiger partial charge in [-0.3, -0.25) is 0 Å². The van der Waals surface area contributed by atoms with E-state index in [0.717, 1.165) is 72.3 Å². The van der Waals surface area contributed by atoms with Crippen LogP contribution < -0.4 is 0 Å². The molecule has 2 heterocycles. The lowest BCUT2D eigenvalue weighted by atomic mass is 9.94. The molecule has 0 fully saturated rings. The highest BCUT2D eigenvalue weighted by atomic mass is 19.1. The van der Waals surface area contributed by atoms with Gasteiger partial charge in [0.05, 0.1) is 11.4 Å². The molecule has 0 N–H and O–H groups in total. The fourth-order valence-electron chi connectivity index (χ4n) is 5.75. The van der Waals surface area contributed by atoms with Crippen molar-refractivity contribution >= 4 is 21.9 Å². The SMILES string of the molecule is Fc1cccc(-c2cc(-c3ccc4oc5ccccc5c4c3)cc(-c3cc(-c4ccccc4)nc(-c4ccccc4)n3)c2)c1. The monoisotopic (exact) mass is 568 g/mol. The molecular weight excluding hydrogens is 543 g/mol. The summed E-state index contributed by atoms with van der Waals surface area (Å²) in [5, 5.41) is 2.12. The summed E-state index contributed by atoms with van der Waals surface area (Å²) in [5.74, 6) is 0.367. The first-order valence-corrected chi connectivity index (χ1v) is 14.5. The number of halogens is 1. The molecule has 8 aromatic rings. The summed E-state index contributed by atoms with van der Waals surface area (Å²) < 4.78 is 20.5. The Hall–Kier alpha value is -5.87. The third kappa shape index (κ3) is 4.83. The summed E-state index contributed by atoms with van der Waals surface area (Å²) in [4.78, 5) is 10.0. The first-order valence-electron chi connectivity index (χ1n) is 14.5. The van der Waals surface area contributed by atoms with Gasteiger partial charge in [-0.1, -0.05) is 97.1 Å². The summed E-state index contributed by atoms with van der Waals surface area (Å²) in [6.45, 7) is 0. The number of furan rings is 1. The zero-order valence-corrected chi connectivity index (χ0v) is 23.6. The standard InChI is InChI=1S/C40H25FN2O/c41-33-15-9-14-28(23-33)30-20-31(29-18-19-39-35(24-29)34-16-7-8-17-38(34)44-39)22-32(21-30)37-25-36(26-10-3-1-4-11-26)42-40(43-37)27-12-5-2-6-13-27/h1-25H. The minimum absolute atomic E-state index is 0.277. The van der Waals surface area contributed by atoms with Crippen LogP contribution in [-0.2, 0) is 0 Å². The van der Waals surface area contributed by atoms with Crippen LogP contribution in [0.25, 0.3) is 78.1 Å². The van der Waals surface area contributed by atoms with Gasteiger partial charge in [0.2, 0.25) is 0 Å². The summed E-state index contributed by atoms with van der Waals surface area (Å²) in [6.07, 6.45) is 0. The van der Waals surface area contributed by atoms with E-state index < -0.39 is 0 Å². The number of benzene rings is 6. The van der Waals surface area contributed by atoms with Crippen molar-refractivity contribution in [2.24, 2.45) is 0 Å². The second-order valence-electron chi connectivity index (χ2n) is 10.8. The van der Waals surface area contributed by atoms with Crippen molar-refractivity contribution in [3.63, 3.8) is 0 Å². The number of fused-ring (bicyclic) bond motifs is 3. The van der Waals surface area contributed by atoms with Gasteiger partial charge in [-0.25, -0.2) is 14.4 Å². The zero-order chi connectivity index (χ0) is 29.5. The van der Waals surface area contributed by atoms with E-state index in [1.165, 1.54) is 6.07 Å². The molecule has 0 radical (unpaired) electrons. The first-order chi connectivity index (χ1) is 21.7. The number of aromatic nitrogens is 2. The molecule has 0 aliphatic carbocycles. The van der Waals surface area contributed by atoms with Crippen LogP contribution >= 0.6 is 0 Å². The quantitative estimate of drug-likeness (QED) is 0.207. The maximum absolute atomic E-state index is 14.4. The maximum atomic E-state index is 14.4. The van der Waals surface area contributed by atoms with Gasteiger partial charge >= 0.3 is 0 Å². The molecule has 208 valence electrons. The molecular formula is C40H25FN2O. The maximum Gasteiger partial charge on any atom is 0.160 e. The Kier molecular flexibility index (Phi) is 6.31. The lowest BCUT2D eigenvalue weighted by Crippen LogP contribution is -1.96. The van der Waals surface area contributed by atoms with E-state index in [2.05, 4.69) is 48.5 Å². The predicted octanol–water partition coefficient (Wildman–Crippen LogP) is 10.9. The number of hydrogen-bond donors (Lipinski definition) is 0. The van der Waals surface area contributed by atoms with Gasteiger partial charge in [0.25, 0.3) is 0 Å². The topological polar surface area (TPSA) is 38.9 Å². The normalized spacial score (nSPS) is 11.3. The van der Waals surface area contributed by atoms with Crippen LogP contribution in [0.5, 0.6) is 0 Å². The summed E-state index contributed by atoms with van der Waals surface area (Å²) in [6, 6.07) is 49.6. The zero-order valence-electron chi connectivity index (χ0n) is 23.6. The Labute approximate surface area is 253 Å². The van der Waals surface area contributed by atoms with Crippen molar-refractivity contribution < 1.29 is 8.81 Å². The van der Waals surface area contributed by atoms with Gasteiger partial charge in [-0.05, 0) is 76.9 Å². The molecule has 44 heavy (non-hydrogen) atoms. The Balaban J connectivity index is 1.36. The highest BCUT2D eigenvalue weighted by molar-refractivity contribution is 6.06. The second-order valence-corrected chi connectivity index (χ2v) is 10.8. The Morgan fingerprint density at radius 3 is 1.73 bits per heavy atom. The number of nitrogens with zero attached hydrogens (tertiary/aromatic N) is 2. The van der Waals surface area contributed by atoms with Crippen LogP contribution in [0.1, 0.15) is 0 Å². The van der Waals surface area contributed by atoms with Crippen LogP contribution in [0, 0.1) is 5.82 Å². The van der Waals surface area contributed by atoms with Gasteiger partial charge < -0.3 is 4.42 Å². The minimum atomic E-state index is -0.277. The smallest absolute Gasteiger partial charge is 0.160 e. The molecule has 0 spiro atoms. The molecule has 0 saturated carbocycles. The third-order valence-electron chi connectivity index (χ3n) is 7.92. The predicted molar refractivity (Wildman–Crippen MR) is 176 cm³/mol. The van der Waals surface area contributed by atoms with Crippen molar-refractivity contribution in [2.45, 2.75) is 0 Å². The summed E-state index contributed by atoms with van der Waals surface area (Å²) >= 11 is 0. The molecule has 0 aliphatic rings. The molecule has 0 saturated heterocycles. The van der Waals surface area contributed by atoms with E-state index in [1.54, 1.807) is 12.1 Å². The molecule has 0 unspecified atom stereocenters.